The van der Waals surface area contributed by atoms with Gasteiger partial charge in [0.15, 0.2) is 0 Å². The third-order valence-corrected chi connectivity index (χ3v) is 10.9. The van der Waals surface area contributed by atoms with Gasteiger partial charge in [0, 0.05) is 32.1 Å². The smallest absolute Gasteiger partial charge is 0.334 e. The van der Waals surface area contributed by atoms with Gasteiger partial charge in [0.2, 0.25) is 5.88 Å². The van der Waals surface area contributed by atoms with Gasteiger partial charge in [0.1, 0.15) is 16.9 Å². The molecule has 0 aromatic carbocycles. The Kier molecular flexibility index (Phi) is 6.03. The molecule has 2 aliphatic heterocycles. The lowest BCUT2D eigenvalue weighted by Gasteiger charge is -2.58. The Morgan fingerprint density at radius 2 is 1.70 bits per heavy atom. The largest absolute Gasteiger partial charge is 0.494 e. The number of nitrogens with one attached hydrogen (secondary N) is 1. The number of amides is 3. The van der Waals surface area contributed by atoms with Crippen LogP contribution in [-0.4, -0.2) is 74.2 Å². The summed E-state index contributed by atoms with van der Waals surface area (Å²) in [5.41, 5.74) is 3.18. The molecule has 12 heteroatoms. The number of aromatic hydroxyl groups is 1. The molecular weight excluding hydrogens is 516 g/mol. The number of nitrogen functional groups attached to an aromatic ring is 1. The van der Waals surface area contributed by atoms with Crippen molar-refractivity contribution in [2.45, 2.75) is 83.3 Å². The van der Waals surface area contributed by atoms with Crippen molar-refractivity contribution in [3.8, 4) is 5.88 Å². The number of ether oxygens (including phenoxy) is 1. The van der Waals surface area contributed by atoms with Gasteiger partial charge < -0.3 is 20.5 Å². The molecule has 40 heavy (non-hydrogen) atoms. The van der Waals surface area contributed by atoms with E-state index in [1.807, 2.05) is 0 Å². The average Bonchev–Trinajstić information content (AvgIpc) is 3.02. The third kappa shape index (κ3) is 3.77. The summed E-state index contributed by atoms with van der Waals surface area (Å²) in [4.78, 5) is 56.2. The molecule has 0 bridgehead atoms. The number of rotatable bonds is 6. The Morgan fingerprint density at radius 1 is 1.05 bits per heavy atom. The number of aromatic nitrogens is 2. The lowest BCUT2D eigenvalue weighted by molar-refractivity contribution is -0.152. The number of urea groups is 1. The van der Waals surface area contributed by atoms with Gasteiger partial charge in [-0.25, -0.2) is 9.59 Å². The number of hydrogen-bond acceptors (Lipinski definition) is 7. The van der Waals surface area contributed by atoms with E-state index in [2.05, 4.69) is 13.8 Å². The van der Waals surface area contributed by atoms with Crippen LogP contribution in [0.5, 0.6) is 5.88 Å². The molecule has 5 fully saturated rings. The molecule has 0 unspecified atom stereocenters. The lowest BCUT2D eigenvalue weighted by Crippen LogP contribution is -2.65. The fourth-order valence-corrected chi connectivity index (χ4v) is 8.00. The van der Waals surface area contributed by atoms with Gasteiger partial charge in [-0.15, -0.1) is 0 Å². The SMILES string of the molecule is CN1C(=O)N(CC2COC2)C2(CC3(CCC(n4c(=O)c(C(=N)N)c(O)n(C[C@@H]5CCC5(C)C)c4=O)CC3)C2)C1=O. The summed E-state index contributed by atoms with van der Waals surface area (Å²) >= 11 is 0. The minimum atomic E-state index is -0.812. The Labute approximate surface area is 232 Å². The Morgan fingerprint density at radius 3 is 2.20 bits per heavy atom. The van der Waals surface area contributed by atoms with Crippen LogP contribution in [0.15, 0.2) is 9.59 Å². The first-order valence-electron chi connectivity index (χ1n) is 14.4. The molecule has 1 aromatic heterocycles. The molecular formula is C28H40N6O6. The number of carbonyl (C=O) groups is 2. The highest BCUT2D eigenvalue weighted by atomic mass is 16.5. The molecule has 3 aliphatic carbocycles. The molecule has 12 nitrogen and oxygen atoms in total. The van der Waals surface area contributed by atoms with Crippen LogP contribution in [0.25, 0.3) is 0 Å². The van der Waals surface area contributed by atoms with Crippen molar-refractivity contribution >= 4 is 17.8 Å². The fraction of sp³-hybridized carbons (Fsp3) is 0.750. The standard InChI is InChI=1S/C28H40N6O6/c1-26(2)7-4-17(26)11-32-21(35)19(20(29)30)22(36)34(25(32)39)18-5-8-27(9-6-18)14-28(15-27)23(37)31(3)24(38)33(28)10-16-12-40-13-16/h16-18,35H,4-15H2,1-3H3,(H3,29,30)/t17-,18?,27?,28?/m0/s1. The van der Waals surface area contributed by atoms with Gasteiger partial charge in [-0.2, -0.15) is 0 Å². The average molecular weight is 557 g/mol. The number of nitrogens with two attached hydrogens (primary N) is 1. The summed E-state index contributed by atoms with van der Waals surface area (Å²) in [5, 5.41) is 18.8. The predicted octanol–water partition coefficient (Wildman–Crippen LogP) is 1.61. The van der Waals surface area contributed by atoms with Gasteiger partial charge in [-0.05, 0) is 68.1 Å². The van der Waals surface area contributed by atoms with Crippen molar-refractivity contribution in [1.82, 2.24) is 18.9 Å². The van der Waals surface area contributed by atoms with Crippen molar-refractivity contribution in [2.75, 3.05) is 26.8 Å². The number of imide groups is 1. The highest BCUT2D eigenvalue weighted by Gasteiger charge is 2.68. The van der Waals surface area contributed by atoms with Crippen LogP contribution in [0.2, 0.25) is 0 Å². The third-order valence-electron chi connectivity index (χ3n) is 10.9. The molecule has 3 heterocycles. The van der Waals surface area contributed by atoms with Gasteiger partial charge in [0.25, 0.3) is 11.5 Å². The fourth-order valence-electron chi connectivity index (χ4n) is 8.00. The normalized spacial score (nSPS) is 33.3. The summed E-state index contributed by atoms with van der Waals surface area (Å²) in [6.07, 6.45) is 5.63. The summed E-state index contributed by atoms with van der Waals surface area (Å²) < 4.78 is 7.72. The second-order valence-corrected chi connectivity index (χ2v) is 13.7. The van der Waals surface area contributed by atoms with E-state index in [4.69, 9.17) is 15.9 Å². The monoisotopic (exact) mass is 556 g/mol. The van der Waals surface area contributed by atoms with Crippen LogP contribution in [0, 0.1) is 28.1 Å². The molecule has 2 spiro atoms. The minimum absolute atomic E-state index is 0.0211. The Balaban J connectivity index is 1.24. The molecule has 1 aromatic rings. The maximum absolute atomic E-state index is 13.7. The molecule has 0 radical (unpaired) electrons. The molecule has 6 rings (SSSR count). The maximum atomic E-state index is 13.7. The molecule has 3 saturated carbocycles. The molecule has 4 N–H and O–H groups in total. The molecule has 1 atom stereocenters. The lowest BCUT2D eigenvalue weighted by atomic mass is 9.51. The summed E-state index contributed by atoms with van der Waals surface area (Å²) in [6, 6.07) is -0.642. The highest BCUT2D eigenvalue weighted by Crippen LogP contribution is 2.62. The van der Waals surface area contributed by atoms with Gasteiger partial charge in [-0.1, -0.05) is 13.8 Å². The first-order valence-corrected chi connectivity index (χ1v) is 14.4. The second kappa shape index (κ2) is 8.92. The quantitative estimate of drug-likeness (QED) is 0.272. The number of carbonyl (C=O) groups excluding carboxylic acids is 2. The zero-order chi connectivity index (χ0) is 28.8. The van der Waals surface area contributed by atoms with Gasteiger partial charge in [0.05, 0.1) is 13.2 Å². The van der Waals surface area contributed by atoms with Gasteiger partial charge in [-0.3, -0.25) is 29.0 Å². The van der Waals surface area contributed by atoms with E-state index in [-0.39, 0.29) is 46.7 Å². The predicted molar refractivity (Wildman–Crippen MR) is 145 cm³/mol. The van der Waals surface area contributed by atoms with E-state index in [9.17, 15) is 24.3 Å². The van der Waals surface area contributed by atoms with Crippen LogP contribution in [0.1, 0.15) is 76.8 Å². The first kappa shape index (κ1) is 27.0. The van der Waals surface area contributed by atoms with E-state index in [0.29, 0.717) is 58.3 Å². The van der Waals surface area contributed by atoms with E-state index in [1.165, 1.54) is 14.0 Å². The first-order chi connectivity index (χ1) is 18.8. The summed E-state index contributed by atoms with van der Waals surface area (Å²) in [7, 11) is 1.55. The van der Waals surface area contributed by atoms with Crippen molar-refractivity contribution < 1.29 is 19.4 Å². The Hall–Kier alpha value is -3.15. The summed E-state index contributed by atoms with van der Waals surface area (Å²) in [5.74, 6) is -0.816. The highest BCUT2D eigenvalue weighted by molar-refractivity contribution is 6.07. The van der Waals surface area contributed by atoms with Gasteiger partial charge >= 0.3 is 11.7 Å². The molecule has 3 amide bonds. The zero-order valence-electron chi connectivity index (χ0n) is 23.6. The number of hydrogen-bond donors (Lipinski definition) is 3. The molecule has 218 valence electrons. The summed E-state index contributed by atoms with van der Waals surface area (Å²) in [6.45, 7) is 6.23. The zero-order valence-corrected chi connectivity index (χ0v) is 23.6. The van der Waals surface area contributed by atoms with E-state index in [0.717, 1.165) is 12.8 Å². The van der Waals surface area contributed by atoms with Crippen LogP contribution in [0.4, 0.5) is 4.79 Å². The van der Waals surface area contributed by atoms with E-state index < -0.39 is 34.5 Å². The maximum Gasteiger partial charge on any atom is 0.334 e. The topological polar surface area (TPSA) is 164 Å². The second-order valence-electron chi connectivity index (χ2n) is 13.7. The van der Waals surface area contributed by atoms with Crippen LogP contribution in [-0.2, 0) is 16.1 Å². The minimum Gasteiger partial charge on any atom is -0.494 e. The van der Waals surface area contributed by atoms with Crippen LogP contribution < -0.4 is 17.0 Å². The van der Waals surface area contributed by atoms with Crippen molar-refractivity contribution in [2.24, 2.45) is 28.4 Å². The van der Waals surface area contributed by atoms with Crippen LogP contribution in [0.3, 0.4) is 0 Å². The van der Waals surface area contributed by atoms with E-state index in [1.54, 1.807) is 11.9 Å². The number of likely N-dealkylation sites (N-methyl/N-ethyl adjacent to an activating group) is 1. The Bertz CT molecular complexity index is 1390. The van der Waals surface area contributed by atoms with E-state index >= 15 is 0 Å². The van der Waals surface area contributed by atoms with Crippen molar-refractivity contribution in [3.63, 3.8) is 0 Å². The van der Waals surface area contributed by atoms with Crippen molar-refractivity contribution in [1.29, 1.82) is 5.41 Å². The number of nitrogens with zero attached hydrogens (tertiary/aromatic N) is 4. The van der Waals surface area contributed by atoms with Crippen LogP contribution >= 0.6 is 0 Å². The molecule has 5 aliphatic rings. The number of amidine groups is 1. The molecule has 2 saturated heterocycles. The van der Waals surface area contributed by atoms with Crippen molar-refractivity contribution in [3.05, 3.63) is 26.4 Å².